The molecule has 0 saturated carbocycles. The predicted molar refractivity (Wildman–Crippen MR) is 36.0 cm³/mol. The van der Waals surface area contributed by atoms with Gasteiger partial charge in [-0.25, -0.2) is 0 Å². The topological polar surface area (TPSA) is 61.3 Å². The van der Waals surface area contributed by atoms with Crippen LogP contribution in [0.25, 0.3) is 0 Å². The summed E-state index contributed by atoms with van der Waals surface area (Å²) in [6, 6.07) is 0. The highest BCUT2D eigenvalue weighted by Gasteiger charge is 2.24. The van der Waals surface area contributed by atoms with Crippen LogP contribution in [0.3, 0.4) is 0 Å². The zero-order valence-corrected chi connectivity index (χ0v) is 5.55. The minimum Gasteiger partial charge on any atom is -0.377 e. The summed E-state index contributed by atoms with van der Waals surface area (Å²) in [6.07, 6.45) is 1.31. The van der Waals surface area contributed by atoms with Gasteiger partial charge in [-0.2, -0.15) is 0 Å². The second kappa shape index (κ2) is 3.15. The second-order valence-electron chi connectivity index (χ2n) is 2.43. The molecule has 1 aliphatic heterocycles. The second-order valence-corrected chi connectivity index (χ2v) is 2.43. The van der Waals surface area contributed by atoms with Gasteiger partial charge >= 0.3 is 0 Å². The predicted octanol–water partition coefficient (Wildman–Crippen LogP) is -0.691. The zero-order chi connectivity index (χ0) is 6.69. The van der Waals surface area contributed by atoms with Crippen molar-refractivity contribution >= 4 is 0 Å². The maximum Gasteiger partial charge on any atom is 0.0738 e. The van der Waals surface area contributed by atoms with Gasteiger partial charge in [-0.15, -0.1) is 0 Å². The van der Waals surface area contributed by atoms with Crippen molar-refractivity contribution in [3.63, 3.8) is 0 Å². The summed E-state index contributed by atoms with van der Waals surface area (Å²) in [5.74, 6) is 0.509. The summed E-state index contributed by atoms with van der Waals surface area (Å²) in [5.41, 5.74) is 10.9. The van der Waals surface area contributed by atoms with Crippen molar-refractivity contribution in [3.05, 3.63) is 0 Å². The van der Waals surface area contributed by atoms with Gasteiger partial charge in [-0.1, -0.05) is 0 Å². The Labute approximate surface area is 55.4 Å². The highest BCUT2D eigenvalue weighted by Crippen LogP contribution is 2.17. The fourth-order valence-electron chi connectivity index (χ4n) is 1.22. The van der Waals surface area contributed by atoms with E-state index >= 15 is 0 Å². The van der Waals surface area contributed by atoms with Crippen molar-refractivity contribution in [2.45, 2.75) is 12.5 Å². The van der Waals surface area contributed by atoms with Crippen LogP contribution in [-0.4, -0.2) is 25.8 Å². The third-order valence-corrected chi connectivity index (χ3v) is 1.88. The monoisotopic (exact) mass is 130 g/mol. The first-order chi connectivity index (χ1) is 4.38. The molecule has 1 rings (SSSR count). The van der Waals surface area contributed by atoms with Crippen molar-refractivity contribution < 1.29 is 4.74 Å². The van der Waals surface area contributed by atoms with Gasteiger partial charge in [-0.3, -0.25) is 0 Å². The highest BCUT2D eigenvalue weighted by molar-refractivity contribution is 4.76. The van der Waals surface area contributed by atoms with E-state index in [1.54, 1.807) is 0 Å². The molecule has 0 amide bonds. The van der Waals surface area contributed by atoms with Crippen molar-refractivity contribution in [3.8, 4) is 0 Å². The van der Waals surface area contributed by atoms with Gasteiger partial charge in [0, 0.05) is 19.1 Å². The Hall–Kier alpha value is -0.120. The number of rotatable bonds is 2. The van der Waals surface area contributed by atoms with Gasteiger partial charge in [0.05, 0.1) is 6.10 Å². The molecule has 3 nitrogen and oxygen atoms in total. The molecule has 0 aliphatic carbocycles. The van der Waals surface area contributed by atoms with E-state index in [4.69, 9.17) is 16.2 Å². The Morgan fingerprint density at radius 2 is 2.11 bits per heavy atom. The molecule has 1 aliphatic rings. The molecule has 2 atom stereocenters. The van der Waals surface area contributed by atoms with E-state index in [2.05, 4.69) is 0 Å². The van der Waals surface area contributed by atoms with Gasteiger partial charge in [0.2, 0.25) is 0 Å². The summed E-state index contributed by atoms with van der Waals surface area (Å²) < 4.78 is 5.30. The number of nitrogens with two attached hydrogens (primary N) is 2. The van der Waals surface area contributed by atoms with Gasteiger partial charge < -0.3 is 16.2 Å². The average molecular weight is 130 g/mol. The summed E-state index contributed by atoms with van der Waals surface area (Å²) in [7, 11) is 0. The molecule has 1 saturated heterocycles. The maximum absolute atomic E-state index is 5.46. The molecule has 1 heterocycles. The Bertz CT molecular complexity index is 77.1. The lowest BCUT2D eigenvalue weighted by molar-refractivity contribution is 0.0989. The molecule has 0 aromatic heterocycles. The molecule has 1 fully saturated rings. The van der Waals surface area contributed by atoms with Crippen LogP contribution in [0.5, 0.6) is 0 Å². The van der Waals surface area contributed by atoms with Crippen LogP contribution in [0.1, 0.15) is 6.42 Å². The zero-order valence-electron chi connectivity index (χ0n) is 5.55. The Morgan fingerprint density at radius 3 is 2.56 bits per heavy atom. The lowest BCUT2D eigenvalue weighted by atomic mass is 10.0. The number of ether oxygens (including phenoxy) is 1. The van der Waals surface area contributed by atoms with E-state index < -0.39 is 0 Å². The minimum atomic E-state index is 0.231. The fourth-order valence-corrected chi connectivity index (χ4v) is 1.22. The number of hydrogen-bond donors (Lipinski definition) is 2. The average Bonchev–Trinajstić information content (AvgIpc) is 2.33. The van der Waals surface area contributed by atoms with Crippen LogP contribution in [0.2, 0.25) is 0 Å². The van der Waals surface area contributed by atoms with Crippen LogP contribution < -0.4 is 11.5 Å². The van der Waals surface area contributed by atoms with Crippen LogP contribution in [0, 0.1) is 5.92 Å². The fraction of sp³-hybridized carbons (Fsp3) is 1.00. The molecular formula is C6H14N2O. The standard InChI is InChI=1S/C6H14N2O/c7-3-5-1-2-9-6(5)4-8/h5-6H,1-4,7-8H2. The van der Waals surface area contributed by atoms with Gasteiger partial charge in [0.25, 0.3) is 0 Å². The van der Waals surface area contributed by atoms with Crippen molar-refractivity contribution in [1.82, 2.24) is 0 Å². The van der Waals surface area contributed by atoms with E-state index in [1.807, 2.05) is 0 Å². The van der Waals surface area contributed by atoms with E-state index in [-0.39, 0.29) is 6.10 Å². The minimum absolute atomic E-state index is 0.231. The lowest BCUT2D eigenvalue weighted by Gasteiger charge is -2.12. The normalized spacial score (nSPS) is 35.3. The largest absolute Gasteiger partial charge is 0.377 e. The van der Waals surface area contributed by atoms with Crippen molar-refractivity contribution in [1.29, 1.82) is 0 Å². The molecule has 54 valence electrons. The SMILES string of the molecule is NCC1CCOC1CN. The first-order valence-electron chi connectivity index (χ1n) is 3.40. The summed E-state index contributed by atoms with van der Waals surface area (Å²) in [6.45, 7) is 2.16. The van der Waals surface area contributed by atoms with E-state index in [1.165, 1.54) is 0 Å². The summed E-state index contributed by atoms with van der Waals surface area (Å²) >= 11 is 0. The maximum atomic E-state index is 5.46. The van der Waals surface area contributed by atoms with Crippen LogP contribution in [0.15, 0.2) is 0 Å². The third kappa shape index (κ3) is 1.41. The van der Waals surface area contributed by atoms with Gasteiger partial charge in [0.1, 0.15) is 0 Å². The first kappa shape index (κ1) is 6.99. The summed E-state index contributed by atoms with van der Waals surface area (Å²) in [5, 5.41) is 0. The molecule has 3 heteroatoms. The van der Waals surface area contributed by atoms with E-state index in [9.17, 15) is 0 Å². The third-order valence-electron chi connectivity index (χ3n) is 1.88. The highest BCUT2D eigenvalue weighted by atomic mass is 16.5. The van der Waals surface area contributed by atoms with E-state index in [0.717, 1.165) is 13.0 Å². The molecule has 0 aromatic rings. The Morgan fingerprint density at radius 1 is 1.33 bits per heavy atom. The molecule has 0 aromatic carbocycles. The smallest absolute Gasteiger partial charge is 0.0738 e. The summed E-state index contributed by atoms with van der Waals surface area (Å²) in [4.78, 5) is 0. The van der Waals surface area contributed by atoms with Gasteiger partial charge in [0.15, 0.2) is 0 Å². The molecule has 0 bridgehead atoms. The molecular weight excluding hydrogens is 116 g/mol. The van der Waals surface area contributed by atoms with Crippen LogP contribution in [-0.2, 0) is 4.74 Å². The quantitative estimate of drug-likeness (QED) is 0.520. The molecule has 2 unspecified atom stereocenters. The molecule has 4 N–H and O–H groups in total. The van der Waals surface area contributed by atoms with Crippen LogP contribution >= 0.6 is 0 Å². The molecule has 0 radical (unpaired) electrons. The lowest BCUT2D eigenvalue weighted by Crippen LogP contribution is -2.30. The van der Waals surface area contributed by atoms with E-state index in [0.29, 0.717) is 19.0 Å². The Balaban J connectivity index is 2.32. The van der Waals surface area contributed by atoms with Crippen LogP contribution in [0.4, 0.5) is 0 Å². The van der Waals surface area contributed by atoms with Gasteiger partial charge in [-0.05, 0) is 13.0 Å². The molecule has 0 spiro atoms. The Kier molecular flexibility index (Phi) is 2.45. The number of hydrogen-bond acceptors (Lipinski definition) is 3. The molecule has 9 heavy (non-hydrogen) atoms. The van der Waals surface area contributed by atoms with Crippen molar-refractivity contribution in [2.75, 3.05) is 19.7 Å². The first-order valence-corrected chi connectivity index (χ1v) is 3.40. The van der Waals surface area contributed by atoms with Crippen molar-refractivity contribution in [2.24, 2.45) is 17.4 Å².